The molecule has 3 rings (SSSR count). The minimum Gasteiger partial charge on any atom is -0.456 e. The van der Waals surface area contributed by atoms with Gasteiger partial charge in [-0.2, -0.15) is 0 Å². The number of furan rings is 1. The van der Waals surface area contributed by atoms with Gasteiger partial charge in [0.1, 0.15) is 5.76 Å². The van der Waals surface area contributed by atoms with Crippen molar-refractivity contribution in [2.24, 2.45) is 0 Å². The molecule has 0 spiro atoms. The van der Waals surface area contributed by atoms with Crippen LogP contribution in [0.2, 0.25) is 0 Å². The third-order valence-corrected chi connectivity index (χ3v) is 4.47. The lowest BCUT2D eigenvalue weighted by molar-refractivity contribution is 0.476. The molecule has 1 heterocycles. The average Bonchev–Trinajstić information content (AvgIpc) is 2.89. The van der Waals surface area contributed by atoms with Gasteiger partial charge < -0.3 is 9.73 Å². The standard InChI is InChI=1S/C17H15BrFNO/c1-10-6-7-11(8-13(10)18)16(20-2)15-9-12-4-3-5-14(19)17(12)21-15/h3-9,16,20H,1-2H3. The lowest BCUT2D eigenvalue weighted by Crippen LogP contribution is -2.17. The summed E-state index contributed by atoms with van der Waals surface area (Å²) in [7, 11) is 1.86. The molecule has 1 unspecified atom stereocenters. The second-order valence-corrected chi connectivity index (χ2v) is 5.89. The van der Waals surface area contributed by atoms with Gasteiger partial charge in [-0.3, -0.25) is 0 Å². The molecule has 3 aromatic rings. The number of nitrogens with one attached hydrogen (secondary N) is 1. The van der Waals surface area contributed by atoms with Crippen LogP contribution in [0, 0.1) is 12.7 Å². The highest BCUT2D eigenvalue weighted by atomic mass is 79.9. The second kappa shape index (κ2) is 5.62. The normalized spacial score (nSPS) is 12.8. The predicted molar refractivity (Wildman–Crippen MR) is 86.0 cm³/mol. The Labute approximate surface area is 131 Å². The van der Waals surface area contributed by atoms with E-state index in [1.54, 1.807) is 6.07 Å². The summed E-state index contributed by atoms with van der Waals surface area (Å²) in [4.78, 5) is 0. The van der Waals surface area contributed by atoms with Gasteiger partial charge >= 0.3 is 0 Å². The summed E-state index contributed by atoms with van der Waals surface area (Å²) in [6.07, 6.45) is 0. The van der Waals surface area contributed by atoms with Crippen molar-refractivity contribution in [2.45, 2.75) is 13.0 Å². The molecule has 1 atom stereocenters. The van der Waals surface area contributed by atoms with E-state index in [0.29, 0.717) is 11.3 Å². The van der Waals surface area contributed by atoms with Gasteiger partial charge in [0.05, 0.1) is 6.04 Å². The largest absolute Gasteiger partial charge is 0.456 e. The van der Waals surface area contributed by atoms with E-state index < -0.39 is 0 Å². The molecule has 1 N–H and O–H groups in total. The van der Waals surface area contributed by atoms with Crippen LogP contribution in [0.5, 0.6) is 0 Å². The summed E-state index contributed by atoms with van der Waals surface area (Å²) in [5, 5.41) is 4.00. The van der Waals surface area contributed by atoms with Crippen LogP contribution in [0.25, 0.3) is 11.0 Å². The minimum atomic E-state index is -0.335. The fraction of sp³-hybridized carbons (Fsp3) is 0.176. The Morgan fingerprint density at radius 2 is 2.00 bits per heavy atom. The summed E-state index contributed by atoms with van der Waals surface area (Å²) < 4.78 is 20.5. The number of hydrogen-bond acceptors (Lipinski definition) is 2. The molecule has 0 bridgehead atoms. The van der Waals surface area contributed by atoms with Gasteiger partial charge in [-0.25, -0.2) is 4.39 Å². The van der Waals surface area contributed by atoms with Crippen LogP contribution >= 0.6 is 15.9 Å². The Bertz CT molecular complexity index is 797. The van der Waals surface area contributed by atoms with Crippen LogP contribution in [0.4, 0.5) is 4.39 Å². The first kappa shape index (κ1) is 14.3. The molecule has 21 heavy (non-hydrogen) atoms. The topological polar surface area (TPSA) is 25.2 Å². The maximum atomic E-state index is 13.8. The summed E-state index contributed by atoms with van der Waals surface area (Å²) in [6.45, 7) is 2.04. The van der Waals surface area contributed by atoms with E-state index in [1.807, 2.05) is 38.2 Å². The fourth-order valence-electron chi connectivity index (χ4n) is 2.45. The zero-order valence-electron chi connectivity index (χ0n) is 11.8. The maximum absolute atomic E-state index is 13.8. The Morgan fingerprint density at radius 3 is 2.67 bits per heavy atom. The molecule has 0 aliphatic carbocycles. The molecule has 0 saturated heterocycles. The Kier molecular flexibility index (Phi) is 3.83. The summed E-state index contributed by atoms with van der Waals surface area (Å²) in [5.74, 6) is 0.368. The molecule has 0 saturated carbocycles. The first-order valence-electron chi connectivity index (χ1n) is 6.71. The molecular weight excluding hydrogens is 333 g/mol. The molecule has 0 amide bonds. The molecule has 0 aliphatic heterocycles. The highest BCUT2D eigenvalue weighted by Gasteiger charge is 2.18. The van der Waals surface area contributed by atoms with Crippen LogP contribution < -0.4 is 5.32 Å². The number of hydrogen-bond donors (Lipinski definition) is 1. The summed E-state index contributed by atoms with van der Waals surface area (Å²) in [6, 6.07) is 12.9. The zero-order chi connectivity index (χ0) is 15.0. The van der Waals surface area contributed by atoms with E-state index in [4.69, 9.17) is 4.42 Å². The van der Waals surface area contributed by atoms with Crippen LogP contribution in [-0.2, 0) is 0 Å². The van der Waals surface area contributed by atoms with E-state index in [-0.39, 0.29) is 11.9 Å². The highest BCUT2D eigenvalue weighted by molar-refractivity contribution is 9.10. The van der Waals surface area contributed by atoms with Gasteiger partial charge in [0, 0.05) is 9.86 Å². The van der Waals surface area contributed by atoms with E-state index in [1.165, 1.54) is 11.6 Å². The number of fused-ring (bicyclic) bond motifs is 1. The number of rotatable bonds is 3. The van der Waals surface area contributed by atoms with Crippen molar-refractivity contribution in [1.82, 2.24) is 5.32 Å². The van der Waals surface area contributed by atoms with Gasteiger partial charge in [-0.05, 0) is 43.3 Å². The van der Waals surface area contributed by atoms with Gasteiger partial charge in [0.2, 0.25) is 0 Å². The third-order valence-electron chi connectivity index (χ3n) is 3.62. The van der Waals surface area contributed by atoms with Crippen LogP contribution in [0.15, 0.2) is 51.4 Å². The Morgan fingerprint density at radius 1 is 1.19 bits per heavy atom. The van der Waals surface area contributed by atoms with Crippen molar-refractivity contribution in [3.8, 4) is 0 Å². The van der Waals surface area contributed by atoms with Gasteiger partial charge in [-0.1, -0.05) is 40.2 Å². The first-order valence-corrected chi connectivity index (χ1v) is 7.50. The SMILES string of the molecule is CNC(c1ccc(C)c(Br)c1)c1cc2cccc(F)c2o1. The van der Waals surface area contributed by atoms with E-state index in [2.05, 4.69) is 27.3 Å². The molecule has 1 aromatic heterocycles. The smallest absolute Gasteiger partial charge is 0.169 e. The van der Waals surface area contributed by atoms with Crippen molar-refractivity contribution in [3.05, 3.63) is 69.6 Å². The number of halogens is 2. The average molecular weight is 348 g/mol. The molecule has 0 aliphatic rings. The molecule has 108 valence electrons. The highest BCUT2D eigenvalue weighted by Crippen LogP contribution is 2.31. The van der Waals surface area contributed by atoms with Gasteiger partial charge in [0.15, 0.2) is 11.4 Å². The Hall–Kier alpha value is -1.65. The quantitative estimate of drug-likeness (QED) is 0.724. The molecule has 2 nitrogen and oxygen atoms in total. The number of para-hydroxylation sites is 1. The molecule has 0 radical (unpaired) electrons. The molecular formula is C17H15BrFNO. The summed E-state index contributed by atoms with van der Waals surface area (Å²) in [5.41, 5.74) is 2.54. The van der Waals surface area contributed by atoms with E-state index >= 15 is 0 Å². The van der Waals surface area contributed by atoms with Gasteiger partial charge in [-0.15, -0.1) is 0 Å². The van der Waals surface area contributed by atoms with Crippen molar-refractivity contribution in [1.29, 1.82) is 0 Å². The van der Waals surface area contributed by atoms with E-state index in [9.17, 15) is 4.39 Å². The molecule has 4 heteroatoms. The minimum absolute atomic E-state index is 0.117. The zero-order valence-corrected chi connectivity index (χ0v) is 13.4. The number of benzene rings is 2. The lowest BCUT2D eigenvalue weighted by atomic mass is 10.0. The van der Waals surface area contributed by atoms with Crippen molar-refractivity contribution in [2.75, 3.05) is 7.05 Å². The third kappa shape index (κ3) is 2.61. The summed E-state index contributed by atoms with van der Waals surface area (Å²) >= 11 is 3.54. The lowest BCUT2D eigenvalue weighted by Gasteiger charge is -2.15. The van der Waals surface area contributed by atoms with Crippen LogP contribution in [-0.4, -0.2) is 7.05 Å². The van der Waals surface area contributed by atoms with Crippen molar-refractivity contribution in [3.63, 3.8) is 0 Å². The number of aryl methyl sites for hydroxylation is 1. The monoisotopic (exact) mass is 347 g/mol. The second-order valence-electron chi connectivity index (χ2n) is 5.04. The molecule has 0 fully saturated rings. The van der Waals surface area contributed by atoms with Crippen molar-refractivity contribution >= 4 is 26.9 Å². The van der Waals surface area contributed by atoms with Gasteiger partial charge in [0.25, 0.3) is 0 Å². The Balaban J connectivity index is 2.09. The van der Waals surface area contributed by atoms with Crippen LogP contribution in [0.3, 0.4) is 0 Å². The molecule has 2 aromatic carbocycles. The van der Waals surface area contributed by atoms with Crippen molar-refractivity contribution < 1.29 is 8.81 Å². The van der Waals surface area contributed by atoms with Crippen LogP contribution in [0.1, 0.15) is 22.9 Å². The van der Waals surface area contributed by atoms with E-state index in [0.717, 1.165) is 15.4 Å². The fourth-order valence-corrected chi connectivity index (χ4v) is 2.85. The first-order chi connectivity index (χ1) is 10.1. The predicted octanol–water partition coefficient (Wildman–Crippen LogP) is 4.95. The maximum Gasteiger partial charge on any atom is 0.169 e.